The molecule has 1 aromatic carbocycles. The molecule has 5 rings (SSSR count). The van der Waals surface area contributed by atoms with Crippen molar-refractivity contribution in [3.8, 4) is 0 Å². The average molecular weight is 354 g/mol. The molecule has 0 aromatic heterocycles. The molecule has 26 heavy (non-hydrogen) atoms. The smallest absolute Gasteiger partial charge is 0.335 e. The maximum atomic E-state index is 12.8. The quantitative estimate of drug-likeness (QED) is 0.799. The molecule has 2 unspecified atom stereocenters. The second-order valence-electron chi connectivity index (χ2n) is 8.37. The van der Waals surface area contributed by atoms with Crippen LogP contribution in [0.3, 0.4) is 0 Å². The first-order chi connectivity index (χ1) is 12.5. The van der Waals surface area contributed by atoms with E-state index in [0.29, 0.717) is 6.42 Å². The highest BCUT2D eigenvalue weighted by Crippen LogP contribution is 2.65. The summed E-state index contributed by atoms with van der Waals surface area (Å²) in [6.45, 7) is 3.99. The van der Waals surface area contributed by atoms with E-state index in [1.807, 2.05) is 13.0 Å². The van der Waals surface area contributed by atoms with Crippen LogP contribution in [0.4, 0.5) is 5.69 Å². The van der Waals surface area contributed by atoms with E-state index in [2.05, 4.69) is 28.4 Å². The summed E-state index contributed by atoms with van der Waals surface area (Å²) in [5.74, 6) is -0.262. The van der Waals surface area contributed by atoms with E-state index in [1.54, 1.807) is 0 Å². The fourth-order valence-corrected chi connectivity index (χ4v) is 6.48. The van der Waals surface area contributed by atoms with E-state index < -0.39 is 6.10 Å². The van der Waals surface area contributed by atoms with Crippen LogP contribution in [0.15, 0.2) is 35.5 Å². The first kappa shape index (κ1) is 16.3. The van der Waals surface area contributed by atoms with E-state index in [0.717, 1.165) is 49.3 Å². The molecule has 3 heterocycles. The number of rotatable bonds is 2. The minimum absolute atomic E-state index is 0.225. The van der Waals surface area contributed by atoms with Gasteiger partial charge in [-0.25, -0.2) is 4.79 Å². The van der Waals surface area contributed by atoms with Gasteiger partial charge in [0.15, 0.2) is 0 Å². The zero-order valence-electron chi connectivity index (χ0n) is 15.4. The number of carbonyl (C=O) groups excluding carboxylic acids is 1. The van der Waals surface area contributed by atoms with Gasteiger partial charge in [0.1, 0.15) is 0 Å². The molecule has 1 aliphatic carbocycles. The third kappa shape index (κ3) is 1.75. The van der Waals surface area contributed by atoms with Crippen molar-refractivity contribution in [3.05, 3.63) is 41.1 Å². The molecule has 3 aliphatic heterocycles. The highest BCUT2D eigenvalue weighted by atomic mass is 16.5. The predicted molar refractivity (Wildman–Crippen MR) is 98.7 cm³/mol. The van der Waals surface area contributed by atoms with Crippen LogP contribution in [0.2, 0.25) is 0 Å². The molecule has 1 aromatic rings. The number of nitrogens with one attached hydrogen (secondary N) is 1. The van der Waals surface area contributed by atoms with Gasteiger partial charge in [-0.2, -0.15) is 0 Å². The molecule has 0 radical (unpaired) electrons. The van der Waals surface area contributed by atoms with Gasteiger partial charge in [-0.05, 0) is 57.3 Å². The van der Waals surface area contributed by atoms with Crippen LogP contribution in [0.5, 0.6) is 0 Å². The average Bonchev–Trinajstić information content (AvgIpc) is 3.21. The molecule has 1 spiro atoms. The van der Waals surface area contributed by atoms with Crippen molar-refractivity contribution >= 4 is 11.7 Å². The number of piperidine rings is 1. The highest BCUT2D eigenvalue weighted by Gasteiger charge is 2.67. The fraction of sp³-hybridized carbons (Fsp3) is 0.571. The van der Waals surface area contributed by atoms with Crippen LogP contribution >= 0.6 is 0 Å². The lowest BCUT2D eigenvalue weighted by Crippen LogP contribution is -2.63. The lowest BCUT2D eigenvalue weighted by atomic mass is 9.53. The number of anilines is 1. The Bertz CT molecular complexity index is 817. The summed E-state index contributed by atoms with van der Waals surface area (Å²) in [7, 11) is 1.45. The predicted octanol–water partition coefficient (Wildman–Crippen LogP) is 2.42. The van der Waals surface area contributed by atoms with Gasteiger partial charge in [-0.1, -0.05) is 18.2 Å². The molecule has 0 saturated carbocycles. The number of methoxy groups -OCH3 is 1. The molecule has 2 N–H and O–H groups in total. The molecule has 0 amide bonds. The number of fused-ring (bicyclic) bond motifs is 1. The number of ether oxygens (including phenoxy) is 1. The second-order valence-corrected chi connectivity index (χ2v) is 8.37. The number of hydrogen-bond acceptors (Lipinski definition) is 5. The van der Waals surface area contributed by atoms with Crippen LogP contribution in [0.25, 0.3) is 0 Å². The zero-order valence-corrected chi connectivity index (χ0v) is 15.4. The number of para-hydroxylation sites is 1. The van der Waals surface area contributed by atoms with E-state index in [1.165, 1.54) is 12.7 Å². The monoisotopic (exact) mass is 354 g/mol. The minimum Gasteiger partial charge on any atom is -0.466 e. The Balaban J connectivity index is 1.82. The van der Waals surface area contributed by atoms with Gasteiger partial charge in [0, 0.05) is 22.8 Å². The Labute approximate surface area is 154 Å². The van der Waals surface area contributed by atoms with E-state index in [9.17, 15) is 9.90 Å². The Kier molecular flexibility index (Phi) is 3.35. The standard InChI is InChI=1S/C21H26N2O3/c1-13(24)20-8-5-10-23-11-9-21(19(20)23)15-6-3-4-7-16(15)22-17(21)14(12-20)18(25)26-2/h3-4,6-7,13,19,22,24H,5,8-12H2,1-2H3/t13?,19?,20-,21-/m0/s1. The molecule has 138 valence electrons. The minimum atomic E-state index is -0.473. The number of benzene rings is 1. The van der Waals surface area contributed by atoms with Crippen LogP contribution in [-0.4, -0.2) is 48.3 Å². The summed E-state index contributed by atoms with van der Waals surface area (Å²) in [6, 6.07) is 8.64. The summed E-state index contributed by atoms with van der Waals surface area (Å²) in [4.78, 5) is 15.3. The van der Waals surface area contributed by atoms with E-state index in [-0.39, 0.29) is 22.8 Å². The van der Waals surface area contributed by atoms with Gasteiger partial charge in [0.2, 0.25) is 0 Å². The Morgan fingerprint density at radius 3 is 2.92 bits per heavy atom. The maximum Gasteiger partial charge on any atom is 0.335 e. The normalized spacial score (nSPS) is 36.0. The molecule has 2 fully saturated rings. The number of hydrogen-bond donors (Lipinski definition) is 2. The van der Waals surface area contributed by atoms with Crippen molar-refractivity contribution in [2.75, 3.05) is 25.5 Å². The number of aliphatic hydroxyl groups is 1. The Morgan fingerprint density at radius 2 is 2.15 bits per heavy atom. The lowest BCUT2D eigenvalue weighted by molar-refractivity contribution is -0.138. The second kappa shape index (κ2) is 5.33. The SMILES string of the molecule is COC(=O)C1=C2Nc3ccccc3[C@@]23CCN2CCC[C@@](C(C)O)(C1)C23. The van der Waals surface area contributed by atoms with Crippen molar-refractivity contribution < 1.29 is 14.6 Å². The molecule has 5 heteroatoms. The summed E-state index contributed by atoms with van der Waals surface area (Å²) < 4.78 is 5.17. The van der Waals surface area contributed by atoms with Gasteiger partial charge in [-0.15, -0.1) is 0 Å². The van der Waals surface area contributed by atoms with Crippen molar-refractivity contribution in [1.82, 2.24) is 4.90 Å². The number of carbonyl (C=O) groups is 1. The van der Waals surface area contributed by atoms with E-state index >= 15 is 0 Å². The highest BCUT2D eigenvalue weighted by molar-refractivity contribution is 5.93. The molecular weight excluding hydrogens is 328 g/mol. The molecule has 4 aliphatic rings. The summed E-state index contributed by atoms with van der Waals surface area (Å²) in [6.07, 6.45) is 3.10. The van der Waals surface area contributed by atoms with Crippen molar-refractivity contribution in [2.45, 2.75) is 50.2 Å². The third-order valence-corrected chi connectivity index (χ3v) is 7.44. The van der Waals surface area contributed by atoms with Crippen LogP contribution in [0, 0.1) is 5.41 Å². The molecule has 0 bridgehead atoms. The van der Waals surface area contributed by atoms with Gasteiger partial charge >= 0.3 is 5.97 Å². The summed E-state index contributed by atoms with van der Waals surface area (Å²) in [5.41, 5.74) is 3.57. The third-order valence-electron chi connectivity index (χ3n) is 7.44. The van der Waals surface area contributed by atoms with Crippen molar-refractivity contribution in [3.63, 3.8) is 0 Å². The number of esters is 1. The number of nitrogens with zero attached hydrogens (tertiary/aromatic N) is 1. The first-order valence-electron chi connectivity index (χ1n) is 9.65. The summed E-state index contributed by atoms with van der Waals surface area (Å²) in [5, 5.41) is 14.5. The van der Waals surface area contributed by atoms with E-state index in [4.69, 9.17) is 4.74 Å². The first-order valence-corrected chi connectivity index (χ1v) is 9.65. The van der Waals surface area contributed by atoms with Crippen molar-refractivity contribution in [1.29, 1.82) is 0 Å². The Morgan fingerprint density at radius 1 is 1.35 bits per heavy atom. The zero-order chi connectivity index (χ0) is 18.1. The van der Waals surface area contributed by atoms with Gasteiger partial charge in [-0.3, -0.25) is 4.90 Å². The Hall–Kier alpha value is -1.85. The molecule has 2 saturated heterocycles. The maximum absolute atomic E-state index is 12.8. The van der Waals surface area contributed by atoms with Gasteiger partial charge < -0.3 is 15.2 Å². The summed E-state index contributed by atoms with van der Waals surface area (Å²) >= 11 is 0. The van der Waals surface area contributed by atoms with Gasteiger partial charge in [0.25, 0.3) is 0 Å². The number of aliphatic hydroxyl groups excluding tert-OH is 1. The molecular formula is C21H26N2O3. The van der Waals surface area contributed by atoms with Crippen molar-refractivity contribution in [2.24, 2.45) is 5.41 Å². The van der Waals surface area contributed by atoms with Crippen LogP contribution < -0.4 is 5.32 Å². The largest absolute Gasteiger partial charge is 0.466 e. The van der Waals surface area contributed by atoms with Crippen LogP contribution in [0.1, 0.15) is 38.2 Å². The van der Waals surface area contributed by atoms with Crippen LogP contribution in [-0.2, 0) is 14.9 Å². The van der Waals surface area contributed by atoms with Gasteiger partial charge in [0.05, 0.1) is 24.2 Å². The topological polar surface area (TPSA) is 61.8 Å². The molecule has 5 nitrogen and oxygen atoms in total. The molecule has 4 atom stereocenters. The fourth-order valence-electron chi connectivity index (χ4n) is 6.48. The lowest BCUT2D eigenvalue weighted by Gasteiger charge is -2.57.